The maximum absolute atomic E-state index is 5.61. The van der Waals surface area contributed by atoms with Crippen LogP contribution in [0.5, 0.6) is 5.88 Å². The van der Waals surface area contributed by atoms with E-state index in [1.165, 1.54) is 25.7 Å². The number of aromatic nitrogens is 3. The van der Waals surface area contributed by atoms with Gasteiger partial charge in [-0.05, 0) is 38.3 Å². The third kappa shape index (κ3) is 3.52. The lowest BCUT2D eigenvalue weighted by molar-refractivity contribution is 0.0966. The summed E-state index contributed by atoms with van der Waals surface area (Å²) in [4.78, 5) is 11.4. The lowest BCUT2D eigenvalue weighted by Crippen LogP contribution is -2.39. The van der Waals surface area contributed by atoms with Gasteiger partial charge in [0, 0.05) is 31.0 Å². The molecule has 7 nitrogen and oxygen atoms in total. The van der Waals surface area contributed by atoms with E-state index in [4.69, 9.17) is 14.0 Å². The van der Waals surface area contributed by atoms with Gasteiger partial charge in [0.15, 0.2) is 0 Å². The Morgan fingerprint density at radius 1 is 1.24 bits per heavy atom. The van der Waals surface area contributed by atoms with Gasteiger partial charge in [0.25, 0.3) is 0 Å². The van der Waals surface area contributed by atoms with Crippen LogP contribution < -0.4 is 4.74 Å². The molecular formula is C18H24N4O3. The summed E-state index contributed by atoms with van der Waals surface area (Å²) in [5.74, 6) is 1.87. The second kappa shape index (κ2) is 7.49. The summed E-state index contributed by atoms with van der Waals surface area (Å²) in [6, 6.07) is 4.68. The molecule has 0 radical (unpaired) electrons. The molecule has 0 bridgehead atoms. The molecule has 2 fully saturated rings. The summed E-state index contributed by atoms with van der Waals surface area (Å²) in [6.07, 6.45) is 7.93. The fourth-order valence-corrected chi connectivity index (χ4v) is 3.55. The topological polar surface area (TPSA) is 73.5 Å². The maximum atomic E-state index is 5.61. The van der Waals surface area contributed by atoms with Crippen molar-refractivity contribution in [2.45, 2.75) is 44.2 Å². The van der Waals surface area contributed by atoms with Gasteiger partial charge in [-0.3, -0.25) is 4.90 Å². The second-order valence-corrected chi connectivity index (χ2v) is 6.66. The first kappa shape index (κ1) is 16.5. The van der Waals surface area contributed by atoms with Gasteiger partial charge < -0.3 is 14.0 Å². The van der Waals surface area contributed by atoms with Crippen LogP contribution >= 0.6 is 0 Å². The Kier molecular flexibility index (Phi) is 4.94. The molecule has 1 saturated heterocycles. The van der Waals surface area contributed by atoms with Crippen LogP contribution in [0, 0.1) is 0 Å². The molecule has 0 spiro atoms. The summed E-state index contributed by atoms with van der Waals surface area (Å²) in [5.41, 5.74) is 0.852. The molecule has 0 N–H and O–H groups in total. The SMILES string of the molecule is COCCOc1cc(-c2noc([C@H]3CCCN3C3CCC3)n2)ccn1. The molecule has 1 aliphatic heterocycles. The molecule has 4 rings (SSSR count). The van der Waals surface area contributed by atoms with Gasteiger partial charge in [-0.2, -0.15) is 4.98 Å². The number of rotatable bonds is 7. The highest BCUT2D eigenvalue weighted by Crippen LogP contribution is 2.39. The van der Waals surface area contributed by atoms with E-state index in [1.54, 1.807) is 13.3 Å². The van der Waals surface area contributed by atoms with Crippen molar-refractivity contribution in [1.29, 1.82) is 0 Å². The van der Waals surface area contributed by atoms with Crippen molar-refractivity contribution in [3.63, 3.8) is 0 Å². The minimum absolute atomic E-state index is 0.269. The van der Waals surface area contributed by atoms with Crippen molar-refractivity contribution in [3.8, 4) is 17.3 Å². The minimum atomic E-state index is 0.269. The molecule has 0 amide bonds. The molecule has 0 unspecified atom stereocenters. The summed E-state index contributed by atoms with van der Waals surface area (Å²) in [7, 11) is 1.64. The molecule has 134 valence electrons. The van der Waals surface area contributed by atoms with Gasteiger partial charge in [-0.15, -0.1) is 0 Å². The lowest BCUT2D eigenvalue weighted by Gasteiger charge is -2.37. The van der Waals surface area contributed by atoms with Crippen molar-refractivity contribution in [2.24, 2.45) is 0 Å². The normalized spacial score (nSPS) is 21.4. The third-order valence-corrected chi connectivity index (χ3v) is 5.10. The van der Waals surface area contributed by atoms with Crippen LogP contribution in [0.4, 0.5) is 0 Å². The highest BCUT2D eigenvalue weighted by atomic mass is 16.5. The summed E-state index contributed by atoms with van der Waals surface area (Å²) < 4.78 is 16.1. The van der Waals surface area contributed by atoms with Crippen molar-refractivity contribution in [2.75, 3.05) is 26.9 Å². The van der Waals surface area contributed by atoms with Crippen LogP contribution in [0.1, 0.15) is 44.0 Å². The first-order valence-corrected chi connectivity index (χ1v) is 9.02. The van der Waals surface area contributed by atoms with Gasteiger partial charge in [-0.25, -0.2) is 4.98 Å². The number of likely N-dealkylation sites (tertiary alicyclic amines) is 1. The number of ether oxygens (including phenoxy) is 2. The predicted molar refractivity (Wildman–Crippen MR) is 91.2 cm³/mol. The molecule has 2 aromatic heterocycles. The standard InChI is InChI=1S/C18H24N4O3/c1-23-10-11-24-16-12-13(7-8-19-16)17-20-18(25-21-17)15-6-3-9-22(15)14-4-2-5-14/h7-8,12,14-15H,2-6,9-11H2,1H3/t15-/m1/s1. The van der Waals surface area contributed by atoms with Gasteiger partial charge in [0.1, 0.15) is 6.61 Å². The molecule has 1 saturated carbocycles. The van der Waals surface area contributed by atoms with E-state index in [2.05, 4.69) is 20.0 Å². The predicted octanol–water partition coefficient (Wildman–Crippen LogP) is 2.85. The van der Waals surface area contributed by atoms with Crippen LogP contribution in [0.2, 0.25) is 0 Å². The Morgan fingerprint density at radius 2 is 2.16 bits per heavy atom. The summed E-state index contributed by atoms with van der Waals surface area (Å²) >= 11 is 0. The zero-order valence-electron chi connectivity index (χ0n) is 14.6. The number of pyridine rings is 1. The van der Waals surface area contributed by atoms with Crippen molar-refractivity contribution in [1.82, 2.24) is 20.0 Å². The Balaban J connectivity index is 1.48. The largest absolute Gasteiger partial charge is 0.475 e. The quantitative estimate of drug-likeness (QED) is 0.715. The van der Waals surface area contributed by atoms with Crippen LogP contribution in [-0.2, 0) is 4.74 Å². The highest BCUT2D eigenvalue weighted by molar-refractivity contribution is 5.55. The van der Waals surface area contributed by atoms with Crippen molar-refractivity contribution >= 4 is 0 Å². The van der Waals surface area contributed by atoms with Crippen LogP contribution in [0.3, 0.4) is 0 Å². The smallest absolute Gasteiger partial charge is 0.244 e. The fraction of sp³-hybridized carbons (Fsp3) is 0.611. The Bertz CT molecular complexity index is 701. The monoisotopic (exact) mass is 344 g/mol. The van der Waals surface area contributed by atoms with Gasteiger partial charge in [0.2, 0.25) is 17.6 Å². The number of methoxy groups -OCH3 is 1. The van der Waals surface area contributed by atoms with Gasteiger partial charge >= 0.3 is 0 Å². The van der Waals surface area contributed by atoms with E-state index in [-0.39, 0.29) is 6.04 Å². The fourth-order valence-electron chi connectivity index (χ4n) is 3.55. The molecule has 25 heavy (non-hydrogen) atoms. The molecule has 7 heteroatoms. The number of nitrogens with zero attached hydrogens (tertiary/aromatic N) is 4. The molecular weight excluding hydrogens is 320 g/mol. The molecule has 1 atom stereocenters. The average Bonchev–Trinajstić information content (AvgIpc) is 3.23. The zero-order valence-corrected chi connectivity index (χ0v) is 14.6. The first-order chi connectivity index (χ1) is 12.3. The zero-order chi connectivity index (χ0) is 17.1. The molecule has 0 aromatic carbocycles. The minimum Gasteiger partial charge on any atom is -0.475 e. The van der Waals surface area contributed by atoms with E-state index >= 15 is 0 Å². The Hall–Kier alpha value is -1.99. The van der Waals surface area contributed by atoms with E-state index < -0.39 is 0 Å². The maximum Gasteiger partial charge on any atom is 0.244 e. The number of hydrogen-bond donors (Lipinski definition) is 0. The molecule has 2 aromatic rings. The van der Waals surface area contributed by atoms with Gasteiger partial charge in [-0.1, -0.05) is 11.6 Å². The summed E-state index contributed by atoms with van der Waals surface area (Å²) in [6.45, 7) is 2.12. The average molecular weight is 344 g/mol. The van der Waals surface area contributed by atoms with Crippen molar-refractivity contribution in [3.05, 3.63) is 24.2 Å². The van der Waals surface area contributed by atoms with Crippen molar-refractivity contribution < 1.29 is 14.0 Å². The van der Waals surface area contributed by atoms with E-state index in [9.17, 15) is 0 Å². The molecule has 1 aliphatic carbocycles. The van der Waals surface area contributed by atoms with Crippen LogP contribution in [0.25, 0.3) is 11.4 Å². The highest BCUT2D eigenvalue weighted by Gasteiger charge is 2.37. The third-order valence-electron chi connectivity index (χ3n) is 5.10. The Morgan fingerprint density at radius 3 is 2.96 bits per heavy atom. The van der Waals surface area contributed by atoms with E-state index in [0.29, 0.717) is 31.0 Å². The first-order valence-electron chi connectivity index (χ1n) is 9.02. The number of hydrogen-bond acceptors (Lipinski definition) is 7. The van der Waals surface area contributed by atoms with Gasteiger partial charge in [0.05, 0.1) is 12.6 Å². The Labute approximate surface area is 147 Å². The lowest BCUT2D eigenvalue weighted by atomic mass is 9.91. The van der Waals surface area contributed by atoms with Crippen LogP contribution in [-0.4, -0.2) is 52.9 Å². The molecule has 3 heterocycles. The second-order valence-electron chi connectivity index (χ2n) is 6.66. The van der Waals surface area contributed by atoms with E-state index in [1.807, 2.05) is 12.1 Å². The summed E-state index contributed by atoms with van der Waals surface area (Å²) in [5, 5.41) is 4.19. The molecule has 2 aliphatic rings. The van der Waals surface area contributed by atoms with Crippen LogP contribution in [0.15, 0.2) is 22.9 Å². The van der Waals surface area contributed by atoms with E-state index in [0.717, 1.165) is 24.4 Å².